The first-order chi connectivity index (χ1) is 5.61. The quantitative estimate of drug-likeness (QED) is 0.379. The summed E-state index contributed by atoms with van der Waals surface area (Å²) in [6.45, 7) is 3.15. The van der Waals surface area contributed by atoms with Gasteiger partial charge in [0.1, 0.15) is 0 Å². The molecule has 0 aromatic heterocycles. The van der Waals surface area contributed by atoms with Crippen molar-refractivity contribution < 1.29 is 9.72 Å². The monoisotopic (exact) mass is 164 g/mol. The lowest BCUT2D eigenvalue weighted by atomic mass is 10.1. The Hall–Kier alpha value is -1.71. The van der Waals surface area contributed by atoms with Crippen molar-refractivity contribution >= 4 is 11.5 Å². The zero-order valence-electron chi connectivity index (χ0n) is 6.19. The Labute approximate surface area is 69.0 Å². The number of carbonyl (C=O) groups excluding carboxylic acids is 1. The summed E-state index contributed by atoms with van der Waals surface area (Å²) in [5.41, 5.74) is 0.161. The maximum absolute atomic E-state index is 10.7. The van der Waals surface area contributed by atoms with E-state index in [1.165, 1.54) is 24.3 Å². The van der Waals surface area contributed by atoms with E-state index < -0.39 is 10.7 Å². The molecule has 12 heavy (non-hydrogen) atoms. The molecule has 1 aromatic carbocycles. The molecule has 0 unspecified atom stereocenters. The van der Waals surface area contributed by atoms with Crippen LogP contribution in [0, 0.1) is 17.0 Å². The van der Waals surface area contributed by atoms with Gasteiger partial charge in [-0.2, -0.15) is 0 Å². The minimum Gasteiger partial charge on any atom is -0.294 e. The lowest BCUT2D eigenvalue weighted by Gasteiger charge is -1.93. The largest absolute Gasteiger partial charge is 0.294 e. The molecule has 61 valence electrons. The molecule has 0 aliphatic rings. The highest BCUT2D eigenvalue weighted by molar-refractivity contribution is 5.99. The van der Waals surface area contributed by atoms with Gasteiger partial charge >= 0.3 is 0 Å². The number of nitro groups is 1. The predicted molar refractivity (Wildman–Crippen MR) is 42.8 cm³/mol. The maximum Gasteiger partial charge on any atom is 0.270 e. The Balaban J connectivity index is 3.12. The van der Waals surface area contributed by atoms with E-state index in [0.29, 0.717) is 0 Å². The molecule has 0 aliphatic heterocycles. The summed E-state index contributed by atoms with van der Waals surface area (Å²) in [7, 11) is 0. The summed E-state index contributed by atoms with van der Waals surface area (Å²) in [5.74, 6) is -0.418. The molecule has 1 rings (SSSR count). The Morgan fingerprint density at radius 1 is 1.50 bits per heavy atom. The number of carbonyl (C=O) groups is 1. The first-order valence-electron chi connectivity index (χ1n) is 3.22. The van der Waals surface area contributed by atoms with Crippen LogP contribution < -0.4 is 0 Å². The Bertz CT molecular complexity index is 304. The summed E-state index contributed by atoms with van der Waals surface area (Å²) in [4.78, 5) is 20.4. The van der Waals surface area contributed by atoms with E-state index in [0.717, 1.165) is 0 Å². The van der Waals surface area contributed by atoms with E-state index in [1.54, 1.807) is 0 Å². The highest BCUT2D eigenvalue weighted by Crippen LogP contribution is 2.12. The summed E-state index contributed by atoms with van der Waals surface area (Å²) in [6.07, 6.45) is 0. The number of benzene rings is 1. The lowest BCUT2D eigenvalue weighted by molar-refractivity contribution is -0.384. The molecule has 0 amide bonds. The predicted octanol–water partition coefficient (Wildman–Crippen LogP) is 1.61. The van der Waals surface area contributed by atoms with Crippen LogP contribution >= 0.6 is 0 Å². The van der Waals surface area contributed by atoms with Gasteiger partial charge in [0.05, 0.1) is 4.92 Å². The number of Topliss-reactive ketones (excluding diaryl/α,β-unsaturated/α-hetero) is 1. The number of non-ortho nitro benzene ring substituents is 1. The second-order valence-corrected chi connectivity index (χ2v) is 2.23. The third-order valence-corrected chi connectivity index (χ3v) is 1.38. The van der Waals surface area contributed by atoms with Gasteiger partial charge in [-0.3, -0.25) is 14.9 Å². The first kappa shape index (κ1) is 8.39. The minimum absolute atomic E-state index is 0.0931. The molecular formula is C8H6NO3. The number of hydrogen-bond donors (Lipinski definition) is 0. The number of hydrogen-bond acceptors (Lipinski definition) is 3. The van der Waals surface area contributed by atoms with Gasteiger partial charge in [-0.1, -0.05) is 12.1 Å². The highest BCUT2D eigenvalue weighted by Gasteiger charge is 2.07. The van der Waals surface area contributed by atoms with E-state index in [-0.39, 0.29) is 11.3 Å². The molecule has 0 N–H and O–H groups in total. The molecule has 0 atom stereocenters. The highest BCUT2D eigenvalue weighted by atomic mass is 16.6. The molecule has 4 heteroatoms. The van der Waals surface area contributed by atoms with Crippen molar-refractivity contribution in [3.8, 4) is 0 Å². The molecule has 0 spiro atoms. The number of nitrogens with zero attached hydrogens (tertiary/aromatic N) is 1. The fourth-order valence-electron chi connectivity index (χ4n) is 0.793. The molecule has 0 aliphatic carbocycles. The van der Waals surface area contributed by atoms with Gasteiger partial charge in [-0.25, -0.2) is 0 Å². The van der Waals surface area contributed by atoms with E-state index in [9.17, 15) is 14.9 Å². The van der Waals surface area contributed by atoms with Crippen molar-refractivity contribution in [2.24, 2.45) is 0 Å². The molecule has 0 heterocycles. The smallest absolute Gasteiger partial charge is 0.270 e. The summed E-state index contributed by atoms with van der Waals surface area (Å²) in [5, 5.41) is 10.2. The second-order valence-electron chi connectivity index (χ2n) is 2.23. The van der Waals surface area contributed by atoms with Crippen LogP contribution in [-0.2, 0) is 0 Å². The van der Waals surface area contributed by atoms with Crippen molar-refractivity contribution in [3.05, 3.63) is 46.9 Å². The fourth-order valence-corrected chi connectivity index (χ4v) is 0.793. The Morgan fingerprint density at radius 3 is 2.67 bits per heavy atom. The van der Waals surface area contributed by atoms with Crippen LogP contribution in [-0.4, -0.2) is 10.7 Å². The molecule has 0 saturated carbocycles. The van der Waals surface area contributed by atoms with Crippen LogP contribution in [0.4, 0.5) is 5.69 Å². The molecule has 1 radical (unpaired) electrons. The zero-order chi connectivity index (χ0) is 9.14. The molecule has 0 bridgehead atoms. The van der Waals surface area contributed by atoms with Gasteiger partial charge < -0.3 is 0 Å². The van der Waals surface area contributed by atoms with Crippen LogP contribution in [0.3, 0.4) is 0 Å². The Kier molecular flexibility index (Phi) is 2.19. The number of nitro benzene ring substituents is 1. The van der Waals surface area contributed by atoms with Crippen LogP contribution in [0.2, 0.25) is 0 Å². The van der Waals surface area contributed by atoms with Crippen molar-refractivity contribution in [1.29, 1.82) is 0 Å². The summed E-state index contributed by atoms with van der Waals surface area (Å²) < 4.78 is 0. The molecule has 0 fully saturated rings. The van der Waals surface area contributed by atoms with Gasteiger partial charge in [-0.05, 0) is 0 Å². The Morgan fingerprint density at radius 2 is 2.17 bits per heavy atom. The van der Waals surface area contributed by atoms with E-state index >= 15 is 0 Å². The second kappa shape index (κ2) is 3.13. The van der Waals surface area contributed by atoms with Crippen LogP contribution in [0.1, 0.15) is 10.4 Å². The summed E-state index contributed by atoms with van der Waals surface area (Å²) in [6, 6.07) is 5.47. The van der Waals surface area contributed by atoms with Crippen molar-refractivity contribution in [2.45, 2.75) is 0 Å². The standard InChI is InChI=1S/C8H6NO3/c1-6(10)7-3-2-4-8(5-7)9(11)12/h2-5H,1H2. The van der Waals surface area contributed by atoms with E-state index in [4.69, 9.17) is 0 Å². The SMILES string of the molecule is [CH2]C(=O)c1cccc([N+](=O)[O-])c1. The van der Waals surface area contributed by atoms with Gasteiger partial charge in [-0.15, -0.1) is 0 Å². The van der Waals surface area contributed by atoms with Crippen LogP contribution in [0.5, 0.6) is 0 Å². The van der Waals surface area contributed by atoms with Crippen LogP contribution in [0.15, 0.2) is 24.3 Å². The van der Waals surface area contributed by atoms with Gasteiger partial charge in [0.2, 0.25) is 0 Å². The number of ketones is 1. The fraction of sp³-hybridized carbons (Fsp3) is 0. The minimum atomic E-state index is -0.549. The average molecular weight is 164 g/mol. The van der Waals surface area contributed by atoms with E-state index in [1.807, 2.05) is 0 Å². The normalized spacial score (nSPS) is 9.42. The van der Waals surface area contributed by atoms with Gasteiger partial charge in [0.15, 0.2) is 5.78 Å². The molecule has 0 saturated heterocycles. The van der Waals surface area contributed by atoms with Crippen molar-refractivity contribution in [1.82, 2.24) is 0 Å². The van der Waals surface area contributed by atoms with Gasteiger partial charge in [0, 0.05) is 24.6 Å². The van der Waals surface area contributed by atoms with E-state index in [2.05, 4.69) is 6.92 Å². The molecular weight excluding hydrogens is 158 g/mol. The molecule has 1 aromatic rings. The average Bonchev–Trinajstić information content (AvgIpc) is 2.04. The van der Waals surface area contributed by atoms with Gasteiger partial charge in [0.25, 0.3) is 5.69 Å². The zero-order valence-corrected chi connectivity index (χ0v) is 6.19. The number of rotatable bonds is 2. The van der Waals surface area contributed by atoms with Crippen molar-refractivity contribution in [3.63, 3.8) is 0 Å². The van der Waals surface area contributed by atoms with Crippen LogP contribution in [0.25, 0.3) is 0 Å². The first-order valence-corrected chi connectivity index (χ1v) is 3.22. The lowest BCUT2D eigenvalue weighted by Crippen LogP contribution is -1.94. The third kappa shape index (κ3) is 1.66. The molecule has 4 nitrogen and oxygen atoms in total. The summed E-state index contributed by atoms with van der Waals surface area (Å²) >= 11 is 0. The third-order valence-electron chi connectivity index (χ3n) is 1.38. The van der Waals surface area contributed by atoms with Crippen molar-refractivity contribution in [2.75, 3.05) is 0 Å². The maximum atomic E-state index is 10.7. The topological polar surface area (TPSA) is 60.2 Å².